The van der Waals surface area contributed by atoms with Crippen molar-refractivity contribution in [2.75, 3.05) is 10.6 Å². The van der Waals surface area contributed by atoms with Crippen LogP contribution in [0.15, 0.2) is 42.7 Å². The van der Waals surface area contributed by atoms with Crippen molar-refractivity contribution in [1.82, 2.24) is 15.1 Å². The van der Waals surface area contributed by atoms with E-state index in [4.69, 9.17) is 0 Å². The first-order valence-electron chi connectivity index (χ1n) is 9.95. The van der Waals surface area contributed by atoms with Gasteiger partial charge in [0.15, 0.2) is 0 Å². The van der Waals surface area contributed by atoms with Crippen molar-refractivity contribution in [3.05, 3.63) is 42.7 Å². The van der Waals surface area contributed by atoms with E-state index in [0.29, 0.717) is 11.4 Å². The maximum atomic E-state index is 12.4. The van der Waals surface area contributed by atoms with Crippen LogP contribution in [0.1, 0.15) is 45.6 Å². The van der Waals surface area contributed by atoms with E-state index < -0.39 is 12.1 Å². The Morgan fingerprint density at radius 3 is 2.31 bits per heavy atom. The lowest BCUT2D eigenvalue weighted by atomic mass is 10.1. The van der Waals surface area contributed by atoms with Gasteiger partial charge in [0.2, 0.25) is 17.7 Å². The number of nitrogens with zero attached hydrogens (tertiary/aromatic N) is 2. The summed E-state index contributed by atoms with van der Waals surface area (Å²) < 4.78 is 1.57. The monoisotopic (exact) mass is 397 g/mol. The molecule has 2 atom stereocenters. The summed E-state index contributed by atoms with van der Waals surface area (Å²) in [6, 6.07) is 7.55. The summed E-state index contributed by atoms with van der Waals surface area (Å²) in [5.41, 5.74) is 1.11. The molecule has 0 spiro atoms. The lowest BCUT2D eigenvalue weighted by Crippen LogP contribution is -2.43. The van der Waals surface area contributed by atoms with E-state index in [9.17, 15) is 14.4 Å². The van der Waals surface area contributed by atoms with Crippen LogP contribution in [0, 0.1) is 5.92 Å². The number of carbonyl (C=O) groups excluding carboxylic acids is 3. The van der Waals surface area contributed by atoms with Crippen LogP contribution >= 0.6 is 0 Å². The first-order chi connectivity index (χ1) is 13.9. The van der Waals surface area contributed by atoms with Gasteiger partial charge in [0.25, 0.3) is 0 Å². The number of hydrogen-bond donors (Lipinski definition) is 3. The number of amides is 3. The van der Waals surface area contributed by atoms with Gasteiger partial charge in [-0.1, -0.05) is 18.9 Å². The third-order valence-electron chi connectivity index (χ3n) is 5.18. The first-order valence-corrected chi connectivity index (χ1v) is 9.95. The van der Waals surface area contributed by atoms with Crippen LogP contribution in [0.2, 0.25) is 0 Å². The number of nitrogens with one attached hydrogen (secondary N) is 3. The smallest absolute Gasteiger partial charge is 0.248 e. The van der Waals surface area contributed by atoms with Gasteiger partial charge in [-0.2, -0.15) is 5.10 Å². The predicted molar refractivity (Wildman–Crippen MR) is 110 cm³/mol. The quantitative estimate of drug-likeness (QED) is 0.668. The van der Waals surface area contributed by atoms with Crippen molar-refractivity contribution < 1.29 is 14.4 Å². The molecule has 3 rings (SSSR count). The van der Waals surface area contributed by atoms with Gasteiger partial charge in [-0.3, -0.25) is 19.1 Å². The second kappa shape index (κ2) is 9.36. The minimum absolute atomic E-state index is 0.0144. The molecule has 29 heavy (non-hydrogen) atoms. The molecule has 1 aromatic carbocycles. The molecule has 1 aromatic heterocycles. The Morgan fingerprint density at radius 2 is 1.69 bits per heavy atom. The van der Waals surface area contributed by atoms with Gasteiger partial charge in [-0.15, -0.1) is 0 Å². The highest BCUT2D eigenvalue weighted by Gasteiger charge is 2.25. The van der Waals surface area contributed by atoms with Gasteiger partial charge in [0.05, 0.1) is 0 Å². The second-order valence-electron chi connectivity index (χ2n) is 7.43. The van der Waals surface area contributed by atoms with Crippen LogP contribution in [0.4, 0.5) is 11.4 Å². The Hall–Kier alpha value is -3.16. The molecule has 0 bridgehead atoms. The summed E-state index contributed by atoms with van der Waals surface area (Å²) in [7, 11) is 0. The van der Waals surface area contributed by atoms with Gasteiger partial charge in [-0.05, 0) is 51.0 Å². The van der Waals surface area contributed by atoms with Crippen LogP contribution in [0.25, 0.3) is 0 Å². The van der Waals surface area contributed by atoms with Crippen molar-refractivity contribution >= 4 is 29.1 Å². The fraction of sp³-hybridized carbons (Fsp3) is 0.429. The van der Waals surface area contributed by atoms with Gasteiger partial charge in [0, 0.05) is 29.7 Å². The standard InChI is InChI=1S/C21H27N5O3/c1-14(23-21(29)16-7-3-4-8-16)19(27)24-17-9-5-10-18(13-17)25-20(28)15(2)26-12-6-11-22-26/h5-6,9-16H,3-4,7-8H2,1-2H3,(H,23,29)(H,24,27)(H,25,28)/t14-,15+/m1/s1. The van der Waals surface area contributed by atoms with E-state index in [1.54, 1.807) is 61.3 Å². The molecule has 0 saturated heterocycles. The van der Waals surface area contributed by atoms with Crippen molar-refractivity contribution in [2.24, 2.45) is 5.92 Å². The zero-order valence-corrected chi connectivity index (χ0v) is 16.7. The fourth-order valence-corrected chi connectivity index (χ4v) is 3.39. The molecule has 154 valence electrons. The molecule has 2 aromatic rings. The molecular weight excluding hydrogens is 370 g/mol. The highest BCUT2D eigenvalue weighted by atomic mass is 16.2. The maximum Gasteiger partial charge on any atom is 0.248 e. The van der Waals surface area contributed by atoms with E-state index in [0.717, 1.165) is 25.7 Å². The molecule has 3 amide bonds. The molecule has 3 N–H and O–H groups in total. The highest BCUT2D eigenvalue weighted by molar-refractivity contribution is 5.98. The van der Waals surface area contributed by atoms with Gasteiger partial charge in [0.1, 0.15) is 12.1 Å². The van der Waals surface area contributed by atoms with E-state index in [1.165, 1.54) is 0 Å². The van der Waals surface area contributed by atoms with Crippen LogP contribution < -0.4 is 16.0 Å². The van der Waals surface area contributed by atoms with Gasteiger partial charge < -0.3 is 16.0 Å². The van der Waals surface area contributed by atoms with E-state index >= 15 is 0 Å². The molecule has 8 nitrogen and oxygen atoms in total. The Labute approximate surface area is 170 Å². The summed E-state index contributed by atoms with van der Waals surface area (Å²) in [5, 5.41) is 12.5. The summed E-state index contributed by atoms with van der Waals surface area (Å²) >= 11 is 0. The van der Waals surface area contributed by atoms with Crippen molar-refractivity contribution in [3.8, 4) is 0 Å². The van der Waals surface area contributed by atoms with E-state index in [-0.39, 0.29) is 23.6 Å². The Morgan fingerprint density at radius 1 is 1.03 bits per heavy atom. The van der Waals surface area contributed by atoms with Crippen LogP contribution in [0.3, 0.4) is 0 Å². The molecular formula is C21H27N5O3. The predicted octanol–water partition coefficient (Wildman–Crippen LogP) is 2.72. The molecule has 1 aliphatic rings. The number of aromatic nitrogens is 2. The first kappa shape index (κ1) is 20.6. The number of anilines is 2. The maximum absolute atomic E-state index is 12.4. The zero-order valence-electron chi connectivity index (χ0n) is 16.7. The van der Waals surface area contributed by atoms with Crippen LogP contribution in [-0.2, 0) is 14.4 Å². The highest BCUT2D eigenvalue weighted by Crippen LogP contribution is 2.24. The zero-order chi connectivity index (χ0) is 20.8. The van der Waals surface area contributed by atoms with Crippen molar-refractivity contribution in [1.29, 1.82) is 0 Å². The number of hydrogen-bond acceptors (Lipinski definition) is 4. The lowest BCUT2D eigenvalue weighted by Gasteiger charge is -2.17. The Kier molecular flexibility index (Phi) is 6.64. The fourth-order valence-electron chi connectivity index (χ4n) is 3.39. The second-order valence-corrected chi connectivity index (χ2v) is 7.43. The molecule has 8 heteroatoms. The number of benzene rings is 1. The topological polar surface area (TPSA) is 105 Å². The minimum Gasteiger partial charge on any atom is -0.344 e. The molecule has 1 fully saturated rings. The molecule has 0 aliphatic heterocycles. The van der Waals surface area contributed by atoms with Crippen LogP contribution in [0.5, 0.6) is 0 Å². The largest absolute Gasteiger partial charge is 0.344 e. The number of rotatable bonds is 7. The molecule has 1 heterocycles. The third-order valence-corrected chi connectivity index (χ3v) is 5.18. The lowest BCUT2D eigenvalue weighted by molar-refractivity contribution is -0.128. The average Bonchev–Trinajstić information content (AvgIpc) is 3.41. The SMILES string of the molecule is C[C@@H](NC(=O)C1CCCC1)C(=O)Nc1cccc(NC(=O)[C@H](C)n2cccn2)c1. The number of carbonyl (C=O) groups is 3. The van der Waals surface area contributed by atoms with Crippen LogP contribution in [-0.4, -0.2) is 33.5 Å². The Bertz CT molecular complexity index is 859. The molecule has 0 unspecified atom stereocenters. The minimum atomic E-state index is -0.638. The van der Waals surface area contributed by atoms with E-state index in [1.807, 2.05) is 0 Å². The van der Waals surface area contributed by atoms with Gasteiger partial charge >= 0.3 is 0 Å². The summed E-state index contributed by atoms with van der Waals surface area (Å²) in [4.78, 5) is 37.0. The average molecular weight is 397 g/mol. The third kappa shape index (κ3) is 5.43. The summed E-state index contributed by atoms with van der Waals surface area (Å²) in [5.74, 6) is -0.557. The summed E-state index contributed by atoms with van der Waals surface area (Å²) in [6.45, 7) is 3.42. The van der Waals surface area contributed by atoms with Crippen molar-refractivity contribution in [3.63, 3.8) is 0 Å². The van der Waals surface area contributed by atoms with Gasteiger partial charge in [-0.25, -0.2) is 0 Å². The Balaban J connectivity index is 1.55. The normalized spacial score (nSPS) is 16.1. The molecule has 1 saturated carbocycles. The summed E-state index contributed by atoms with van der Waals surface area (Å²) in [6.07, 6.45) is 7.25. The van der Waals surface area contributed by atoms with Crippen molar-refractivity contribution in [2.45, 2.75) is 51.6 Å². The molecule has 0 radical (unpaired) electrons. The van der Waals surface area contributed by atoms with E-state index in [2.05, 4.69) is 21.0 Å². The molecule has 1 aliphatic carbocycles.